The highest BCUT2D eigenvalue weighted by atomic mass is 19.3. The molecule has 0 unspecified atom stereocenters. The van der Waals surface area contributed by atoms with Gasteiger partial charge in [-0.25, -0.2) is 0 Å². The van der Waals surface area contributed by atoms with Gasteiger partial charge in [-0.15, -0.1) is 0 Å². The van der Waals surface area contributed by atoms with Crippen LogP contribution in [0.15, 0.2) is 60.7 Å². The van der Waals surface area contributed by atoms with Crippen molar-refractivity contribution >= 4 is 0 Å². The molecule has 0 bridgehead atoms. The van der Waals surface area contributed by atoms with E-state index in [0.29, 0.717) is 0 Å². The third-order valence-corrected chi connectivity index (χ3v) is 4.90. The minimum atomic E-state index is -2.79. The Kier molecular flexibility index (Phi) is 4.46. The van der Waals surface area contributed by atoms with Crippen molar-refractivity contribution in [2.24, 2.45) is 0 Å². The minimum absolute atomic E-state index is 0.181. The Hall–Kier alpha value is -2.68. The van der Waals surface area contributed by atoms with E-state index < -0.39 is 6.61 Å². The van der Waals surface area contributed by atoms with E-state index in [1.807, 2.05) is 12.1 Å². The maximum atomic E-state index is 12.3. The molecule has 0 radical (unpaired) electrons. The number of aryl methyl sites for hydroxylation is 1. The summed E-state index contributed by atoms with van der Waals surface area (Å²) in [6.07, 6.45) is 3.21. The number of benzene rings is 3. The number of hydrogen-bond acceptors (Lipinski definition) is 1. The number of ether oxygens (including phenoxy) is 1. The summed E-state index contributed by atoms with van der Waals surface area (Å²) in [5, 5.41) is 0. The second-order valence-electron chi connectivity index (χ2n) is 6.69. The molecule has 1 aliphatic rings. The third kappa shape index (κ3) is 3.22. The number of halogens is 2. The fraction of sp³-hybridized carbons (Fsp3) is 0.217. The van der Waals surface area contributed by atoms with Crippen LogP contribution >= 0.6 is 0 Å². The molecule has 4 rings (SSSR count). The van der Waals surface area contributed by atoms with Crippen molar-refractivity contribution < 1.29 is 13.5 Å². The molecule has 0 fully saturated rings. The van der Waals surface area contributed by atoms with Gasteiger partial charge in [-0.05, 0) is 63.9 Å². The summed E-state index contributed by atoms with van der Waals surface area (Å²) in [6, 6.07) is 20.1. The van der Waals surface area contributed by atoms with Crippen molar-refractivity contribution in [1.82, 2.24) is 0 Å². The molecule has 0 atom stereocenters. The van der Waals surface area contributed by atoms with Gasteiger partial charge in [0.2, 0.25) is 0 Å². The van der Waals surface area contributed by atoms with Crippen LogP contribution in [0.2, 0.25) is 0 Å². The monoisotopic (exact) mass is 350 g/mol. The lowest BCUT2D eigenvalue weighted by Gasteiger charge is -2.08. The molecule has 0 saturated carbocycles. The zero-order valence-electron chi connectivity index (χ0n) is 14.6. The fourth-order valence-corrected chi connectivity index (χ4v) is 3.72. The molecule has 3 heteroatoms. The van der Waals surface area contributed by atoms with Gasteiger partial charge in [0.05, 0.1) is 0 Å². The van der Waals surface area contributed by atoms with E-state index in [2.05, 4.69) is 48.1 Å². The molecule has 0 aromatic heterocycles. The zero-order chi connectivity index (χ0) is 18.1. The molecule has 1 nitrogen and oxygen atoms in total. The summed E-state index contributed by atoms with van der Waals surface area (Å²) < 4.78 is 29.0. The van der Waals surface area contributed by atoms with Gasteiger partial charge >= 0.3 is 6.61 Å². The van der Waals surface area contributed by atoms with Gasteiger partial charge in [-0.2, -0.15) is 8.78 Å². The molecule has 132 valence electrons. The predicted octanol–water partition coefficient (Wildman–Crippen LogP) is 6.48. The van der Waals surface area contributed by atoms with Gasteiger partial charge in [0, 0.05) is 0 Å². The van der Waals surface area contributed by atoms with Crippen LogP contribution in [0.1, 0.15) is 30.0 Å². The van der Waals surface area contributed by atoms with Crippen molar-refractivity contribution in [3.05, 3.63) is 77.4 Å². The van der Waals surface area contributed by atoms with E-state index in [1.54, 1.807) is 12.1 Å². The second kappa shape index (κ2) is 6.91. The van der Waals surface area contributed by atoms with Crippen LogP contribution in [0.25, 0.3) is 22.3 Å². The van der Waals surface area contributed by atoms with Crippen molar-refractivity contribution in [2.75, 3.05) is 0 Å². The lowest BCUT2D eigenvalue weighted by molar-refractivity contribution is -0.0498. The molecular formula is C23H20F2O. The largest absolute Gasteiger partial charge is 0.435 e. The Bertz CT molecular complexity index is 929. The SMILES string of the molecule is CCCc1ccc2c(c1)Cc1cc(-c3ccc(OC(F)F)cc3)ccc1-2. The molecule has 0 saturated heterocycles. The van der Waals surface area contributed by atoms with Crippen molar-refractivity contribution in [2.45, 2.75) is 32.8 Å². The Morgan fingerprint density at radius 3 is 2.19 bits per heavy atom. The average molecular weight is 350 g/mol. The van der Waals surface area contributed by atoms with E-state index in [0.717, 1.165) is 30.4 Å². The van der Waals surface area contributed by atoms with Crippen LogP contribution < -0.4 is 4.74 Å². The van der Waals surface area contributed by atoms with Crippen molar-refractivity contribution in [1.29, 1.82) is 0 Å². The zero-order valence-corrected chi connectivity index (χ0v) is 14.6. The van der Waals surface area contributed by atoms with Crippen LogP contribution in [0.4, 0.5) is 8.78 Å². The van der Waals surface area contributed by atoms with Crippen LogP contribution in [0.5, 0.6) is 5.75 Å². The highest BCUT2D eigenvalue weighted by Crippen LogP contribution is 2.39. The average Bonchev–Trinajstić information content (AvgIpc) is 2.99. The molecule has 0 aliphatic heterocycles. The predicted molar refractivity (Wildman–Crippen MR) is 101 cm³/mol. The first-order chi connectivity index (χ1) is 12.6. The normalized spacial score (nSPS) is 12.2. The first-order valence-corrected chi connectivity index (χ1v) is 8.94. The maximum absolute atomic E-state index is 12.3. The smallest absolute Gasteiger partial charge is 0.387 e. The molecule has 3 aromatic carbocycles. The minimum Gasteiger partial charge on any atom is -0.435 e. The molecular weight excluding hydrogens is 330 g/mol. The summed E-state index contributed by atoms with van der Waals surface area (Å²) >= 11 is 0. The van der Waals surface area contributed by atoms with Crippen LogP contribution in [-0.4, -0.2) is 6.61 Å². The van der Waals surface area contributed by atoms with Gasteiger partial charge in [-0.1, -0.05) is 61.9 Å². The molecule has 0 spiro atoms. The third-order valence-electron chi connectivity index (χ3n) is 4.90. The van der Waals surface area contributed by atoms with Crippen LogP contribution in [0, 0.1) is 0 Å². The highest BCUT2D eigenvalue weighted by molar-refractivity contribution is 5.80. The molecule has 0 N–H and O–H groups in total. The number of hydrogen-bond donors (Lipinski definition) is 0. The van der Waals surface area contributed by atoms with Gasteiger partial charge in [-0.3, -0.25) is 0 Å². The number of alkyl halides is 2. The summed E-state index contributed by atoms with van der Waals surface area (Å²) in [4.78, 5) is 0. The van der Waals surface area contributed by atoms with Crippen LogP contribution in [-0.2, 0) is 12.8 Å². The Balaban J connectivity index is 1.61. The summed E-state index contributed by atoms with van der Waals surface area (Å²) in [5.74, 6) is 0.181. The summed E-state index contributed by atoms with van der Waals surface area (Å²) in [5.41, 5.74) is 8.82. The Labute approximate surface area is 152 Å². The first-order valence-electron chi connectivity index (χ1n) is 8.94. The quantitative estimate of drug-likeness (QED) is 0.400. The first kappa shape index (κ1) is 16.8. The van der Waals surface area contributed by atoms with E-state index in [1.165, 1.54) is 27.8 Å². The highest BCUT2D eigenvalue weighted by Gasteiger charge is 2.19. The lowest BCUT2D eigenvalue weighted by atomic mass is 9.99. The Morgan fingerprint density at radius 2 is 1.50 bits per heavy atom. The van der Waals surface area contributed by atoms with Gasteiger partial charge in [0.15, 0.2) is 0 Å². The van der Waals surface area contributed by atoms with E-state index in [9.17, 15) is 8.78 Å². The topological polar surface area (TPSA) is 9.23 Å². The Morgan fingerprint density at radius 1 is 0.846 bits per heavy atom. The summed E-state index contributed by atoms with van der Waals surface area (Å²) in [6.45, 7) is -0.594. The number of rotatable bonds is 5. The van der Waals surface area contributed by atoms with E-state index >= 15 is 0 Å². The van der Waals surface area contributed by atoms with Gasteiger partial charge in [0.25, 0.3) is 0 Å². The maximum Gasteiger partial charge on any atom is 0.387 e. The van der Waals surface area contributed by atoms with Crippen molar-refractivity contribution in [3.63, 3.8) is 0 Å². The molecule has 26 heavy (non-hydrogen) atoms. The van der Waals surface area contributed by atoms with E-state index in [4.69, 9.17) is 0 Å². The molecule has 0 heterocycles. The van der Waals surface area contributed by atoms with E-state index in [-0.39, 0.29) is 5.75 Å². The molecule has 3 aromatic rings. The van der Waals surface area contributed by atoms with Crippen molar-refractivity contribution in [3.8, 4) is 28.0 Å². The molecule has 0 amide bonds. The van der Waals surface area contributed by atoms with Gasteiger partial charge in [0.1, 0.15) is 5.75 Å². The lowest BCUT2D eigenvalue weighted by Crippen LogP contribution is -2.01. The number of fused-ring (bicyclic) bond motifs is 3. The second-order valence-corrected chi connectivity index (χ2v) is 6.69. The fourth-order valence-electron chi connectivity index (χ4n) is 3.72. The van der Waals surface area contributed by atoms with Crippen LogP contribution in [0.3, 0.4) is 0 Å². The molecule has 1 aliphatic carbocycles. The summed E-state index contributed by atoms with van der Waals surface area (Å²) in [7, 11) is 0. The standard InChI is InChI=1S/C23H20F2O/c1-2-3-15-4-10-21-18(12-15)14-19-13-17(7-11-22(19)21)16-5-8-20(9-6-16)26-23(24)25/h4-13,23H,2-3,14H2,1H3. The van der Waals surface area contributed by atoms with Gasteiger partial charge < -0.3 is 4.74 Å².